The van der Waals surface area contributed by atoms with Crippen LogP contribution in [0.4, 0.5) is 0 Å². The lowest BCUT2D eigenvalue weighted by Crippen LogP contribution is -2.30. The largest absolute Gasteiger partial charge is 0.440 e. The van der Waals surface area contributed by atoms with Gasteiger partial charge in [-0.05, 0) is 32.1 Å². The predicted molar refractivity (Wildman–Crippen MR) is 76.4 cm³/mol. The lowest BCUT2D eigenvalue weighted by atomic mass is 9.75. The minimum absolute atomic E-state index is 0.0922. The summed E-state index contributed by atoms with van der Waals surface area (Å²) in [5, 5.41) is 9.42. The average molecular weight is 284 g/mol. The molecular formula is C16H16N2O3. The monoisotopic (exact) mass is 284 g/mol. The van der Waals surface area contributed by atoms with Crippen molar-refractivity contribution in [2.45, 2.75) is 32.1 Å². The Labute approximate surface area is 122 Å². The number of aryl methyl sites for hydroxylation is 1. The molecule has 2 unspecified atom stereocenters. The quantitative estimate of drug-likeness (QED) is 0.800. The molecule has 0 amide bonds. The van der Waals surface area contributed by atoms with E-state index in [1.807, 2.05) is 0 Å². The molecule has 2 atom stereocenters. The van der Waals surface area contributed by atoms with Crippen molar-refractivity contribution < 1.29 is 9.15 Å². The van der Waals surface area contributed by atoms with Crippen molar-refractivity contribution in [2.75, 3.05) is 0 Å². The first-order chi connectivity index (χ1) is 10.1. The molecule has 0 fully saturated rings. The molecular weight excluding hydrogens is 268 g/mol. The van der Waals surface area contributed by atoms with Gasteiger partial charge in [0.15, 0.2) is 0 Å². The van der Waals surface area contributed by atoms with E-state index in [4.69, 9.17) is 14.9 Å². The van der Waals surface area contributed by atoms with E-state index in [9.17, 15) is 10.1 Å². The maximum Gasteiger partial charge on any atom is 0.343 e. The van der Waals surface area contributed by atoms with Gasteiger partial charge in [0.05, 0.1) is 11.1 Å². The van der Waals surface area contributed by atoms with Crippen LogP contribution in [0.5, 0.6) is 5.75 Å². The molecule has 0 aromatic carbocycles. The van der Waals surface area contributed by atoms with E-state index >= 15 is 0 Å². The Hall–Kier alpha value is -2.48. The van der Waals surface area contributed by atoms with Gasteiger partial charge in [0.1, 0.15) is 17.6 Å². The van der Waals surface area contributed by atoms with Gasteiger partial charge in [-0.2, -0.15) is 5.26 Å². The fourth-order valence-corrected chi connectivity index (χ4v) is 3.15. The third kappa shape index (κ3) is 2.23. The van der Waals surface area contributed by atoms with Crippen molar-refractivity contribution in [3.8, 4) is 11.8 Å². The highest BCUT2D eigenvalue weighted by atomic mass is 16.5. The van der Waals surface area contributed by atoms with Crippen LogP contribution in [0.25, 0.3) is 0 Å². The fourth-order valence-electron chi connectivity index (χ4n) is 3.15. The van der Waals surface area contributed by atoms with Crippen LogP contribution < -0.4 is 16.1 Å². The molecule has 1 aromatic rings. The van der Waals surface area contributed by atoms with Crippen molar-refractivity contribution in [1.82, 2.24) is 0 Å². The zero-order valence-electron chi connectivity index (χ0n) is 11.8. The highest BCUT2D eigenvalue weighted by Gasteiger charge is 2.37. The van der Waals surface area contributed by atoms with Crippen LogP contribution in [0.15, 0.2) is 38.9 Å². The van der Waals surface area contributed by atoms with Crippen molar-refractivity contribution in [2.24, 2.45) is 11.7 Å². The predicted octanol–water partition coefficient (Wildman–Crippen LogP) is 2.47. The van der Waals surface area contributed by atoms with Gasteiger partial charge in [-0.25, -0.2) is 4.79 Å². The summed E-state index contributed by atoms with van der Waals surface area (Å²) in [6.07, 6.45) is 6.87. The first-order valence-corrected chi connectivity index (χ1v) is 6.99. The van der Waals surface area contributed by atoms with E-state index < -0.39 is 5.63 Å². The summed E-state index contributed by atoms with van der Waals surface area (Å²) in [7, 11) is 0. The second-order valence-electron chi connectivity index (χ2n) is 5.44. The Morgan fingerprint density at radius 2 is 2.24 bits per heavy atom. The van der Waals surface area contributed by atoms with Crippen LogP contribution in [-0.4, -0.2) is 0 Å². The number of nitrogens with zero attached hydrogens (tertiary/aromatic N) is 1. The molecule has 0 saturated heterocycles. The number of hydrogen-bond donors (Lipinski definition) is 1. The molecule has 3 rings (SSSR count). The molecule has 2 aliphatic rings. The van der Waals surface area contributed by atoms with E-state index in [1.165, 1.54) is 0 Å². The summed E-state index contributed by atoms with van der Waals surface area (Å²) >= 11 is 0. The Morgan fingerprint density at radius 1 is 1.43 bits per heavy atom. The molecule has 0 bridgehead atoms. The molecule has 108 valence electrons. The number of hydrogen-bond acceptors (Lipinski definition) is 5. The zero-order chi connectivity index (χ0) is 15.0. The zero-order valence-corrected chi connectivity index (χ0v) is 11.8. The molecule has 21 heavy (non-hydrogen) atoms. The van der Waals surface area contributed by atoms with Crippen molar-refractivity contribution >= 4 is 0 Å². The van der Waals surface area contributed by atoms with Crippen LogP contribution >= 0.6 is 0 Å². The van der Waals surface area contributed by atoms with Crippen molar-refractivity contribution in [3.63, 3.8) is 0 Å². The summed E-state index contributed by atoms with van der Waals surface area (Å²) < 4.78 is 10.7. The summed E-state index contributed by atoms with van der Waals surface area (Å²) in [5.41, 5.74) is 6.20. The fraction of sp³-hybridized carbons (Fsp3) is 0.375. The smallest absolute Gasteiger partial charge is 0.343 e. The number of rotatable bonds is 1. The first kappa shape index (κ1) is 13.5. The average Bonchev–Trinajstić information content (AvgIpc) is 2.46. The van der Waals surface area contributed by atoms with Gasteiger partial charge in [-0.3, -0.25) is 0 Å². The molecule has 5 heteroatoms. The van der Waals surface area contributed by atoms with Crippen LogP contribution in [0.3, 0.4) is 0 Å². The summed E-state index contributed by atoms with van der Waals surface area (Å²) in [6, 6.07) is 3.76. The van der Waals surface area contributed by atoms with Gasteiger partial charge in [0.2, 0.25) is 5.88 Å². The third-order valence-corrected chi connectivity index (χ3v) is 4.08. The lowest BCUT2D eigenvalue weighted by molar-refractivity contribution is 0.328. The lowest BCUT2D eigenvalue weighted by Gasteiger charge is -2.31. The number of ether oxygens (including phenoxy) is 1. The Morgan fingerprint density at radius 3 is 2.90 bits per heavy atom. The maximum atomic E-state index is 12.3. The second-order valence-corrected chi connectivity index (χ2v) is 5.44. The summed E-state index contributed by atoms with van der Waals surface area (Å²) in [5.74, 6) is 0.792. The SMILES string of the molecule is Cc1cc2c(c(=O)o1)C(C1CC=CCC1)C(C#N)=C(N)O2. The second kappa shape index (κ2) is 5.13. The Balaban J connectivity index is 2.18. The number of fused-ring (bicyclic) bond motifs is 1. The molecule has 0 spiro atoms. The number of nitrogens with two attached hydrogens (primary N) is 1. The van der Waals surface area contributed by atoms with Gasteiger partial charge in [0.25, 0.3) is 0 Å². The van der Waals surface area contributed by atoms with Gasteiger partial charge in [-0.15, -0.1) is 0 Å². The van der Waals surface area contributed by atoms with Crippen LogP contribution in [-0.2, 0) is 0 Å². The summed E-state index contributed by atoms with van der Waals surface area (Å²) in [4.78, 5) is 12.3. The standard InChI is InChI=1S/C16H16N2O3/c1-9-7-12-14(16(19)20-9)13(10-5-3-2-4-6-10)11(8-17)15(18)21-12/h2-3,7,10,13H,4-6,18H2,1H3. The van der Waals surface area contributed by atoms with E-state index in [2.05, 4.69) is 18.2 Å². The number of allylic oxidation sites excluding steroid dienone is 3. The van der Waals surface area contributed by atoms with E-state index in [1.54, 1.807) is 13.0 Å². The maximum absolute atomic E-state index is 12.3. The Kier molecular flexibility index (Phi) is 3.30. The minimum atomic E-state index is -0.440. The van der Waals surface area contributed by atoms with Crippen molar-refractivity contribution in [1.29, 1.82) is 5.26 Å². The molecule has 2 N–H and O–H groups in total. The highest BCUT2D eigenvalue weighted by molar-refractivity contribution is 5.49. The van der Waals surface area contributed by atoms with Crippen LogP contribution in [0, 0.1) is 24.2 Å². The van der Waals surface area contributed by atoms with Gasteiger partial charge in [0, 0.05) is 12.0 Å². The van der Waals surface area contributed by atoms with E-state index in [0.29, 0.717) is 22.6 Å². The molecule has 0 saturated carbocycles. The van der Waals surface area contributed by atoms with Gasteiger partial charge in [-0.1, -0.05) is 12.2 Å². The molecule has 5 nitrogen and oxygen atoms in total. The minimum Gasteiger partial charge on any atom is -0.440 e. The van der Waals surface area contributed by atoms with Crippen LogP contribution in [0.2, 0.25) is 0 Å². The third-order valence-electron chi connectivity index (χ3n) is 4.08. The molecule has 2 heterocycles. The Bertz CT molecular complexity index is 737. The molecule has 1 aliphatic carbocycles. The van der Waals surface area contributed by atoms with Gasteiger partial charge < -0.3 is 14.9 Å². The summed E-state index contributed by atoms with van der Waals surface area (Å²) in [6.45, 7) is 1.68. The molecule has 1 aromatic heterocycles. The molecule has 0 radical (unpaired) electrons. The van der Waals surface area contributed by atoms with E-state index in [0.717, 1.165) is 19.3 Å². The number of nitriles is 1. The van der Waals surface area contributed by atoms with Crippen molar-refractivity contribution in [3.05, 3.63) is 51.4 Å². The topological polar surface area (TPSA) is 89.2 Å². The first-order valence-electron chi connectivity index (χ1n) is 6.99. The van der Waals surface area contributed by atoms with E-state index in [-0.39, 0.29) is 17.7 Å². The normalized spacial score (nSPS) is 24.2. The molecule has 1 aliphatic heterocycles. The van der Waals surface area contributed by atoms with Gasteiger partial charge >= 0.3 is 5.63 Å². The van der Waals surface area contributed by atoms with Crippen LogP contribution in [0.1, 0.15) is 36.5 Å². The highest BCUT2D eigenvalue weighted by Crippen LogP contribution is 2.44.